The third kappa shape index (κ3) is 6.12. The van der Waals surface area contributed by atoms with E-state index in [1.807, 2.05) is 6.08 Å². The van der Waals surface area contributed by atoms with E-state index in [1.54, 1.807) is 0 Å². The quantitative estimate of drug-likeness (QED) is 0.359. The number of rotatable bonds is 6. The highest BCUT2D eigenvalue weighted by atomic mass is 35.5. The van der Waals surface area contributed by atoms with Crippen molar-refractivity contribution in [1.82, 2.24) is 5.32 Å². The molecule has 0 bridgehead atoms. The lowest BCUT2D eigenvalue weighted by atomic mass is 10.2. The van der Waals surface area contributed by atoms with Crippen LogP contribution in [-0.4, -0.2) is 12.0 Å². The first-order chi connectivity index (χ1) is 4.81. The van der Waals surface area contributed by atoms with Crippen LogP contribution in [0.5, 0.6) is 0 Å². The first-order valence-corrected chi connectivity index (χ1v) is 4.23. The maximum Gasteiger partial charge on any atom is 0.0827 e. The van der Waals surface area contributed by atoms with Gasteiger partial charge in [0, 0.05) is 6.54 Å². The van der Waals surface area contributed by atoms with Gasteiger partial charge in [0.25, 0.3) is 0 Å². The van der Waals surface area contributed by atoms with Gasteiger partial charge in [-0.05, 0) is 6.42 Å². The molecule has 0 aliphatic carbocycles. The van der Waals surface area contributed by atoms with Crippen molar-refractivity contribution in [1.29, 1.82) is 0 Å². The molecular weight excluding hydrogens is 146 g/mol. The highest BCUT2D eigenvalue weighted by Crippen LogP contribution is 2.03. The van der Waals surface area contributed by atoms with Crippen LogP contribution in [0.15, 0.2) is 12.7 Å². The number of unbranched alkanes of at least 4 members (excludes halogenated alkanes) is 1. The second-order valence-corrected chi connectivity index (χ2v) is 2.83. The predicted molar refractivity (Wildman–Crippen MR) is 47.4 cm³/mol. The van der Waals surface area contributed by atoms with Crippen molar-refractivity contribution in [3.05, 3.63) is 12.7 Å². The molecule has 0 aromatic carbocycles. The molecule has 1 N–H and O–H groups in total. The second-order valence-electron chi connectivity index (χ2n) is 2.31. The molecule has 0 aliphatic heterocycles. The molecule has 10 heavy (non-hydrogen) atoms. The zero-order chi connectivity index (χ0) is 7.82. The summed E-state index contributed by atoms with van der Waals surface area (Å²) in [7, 11) is 0. The Labute approximate surface area is 68.5 Å². The normalized spacial score (nSPS) is 13.0. The lowest BCUT2D eigenvalue weighted by Gasteiger charge is -2.07. The number of hydrogen-bond acceptors (Lipinski definition) is 1. The van der Waals surface area contributed by atoms with E-state index in [1.165, 1.54) is 12.8 Å². The Balaban J connectivity index is 3.07. The molecule has 0 saturated carbocycles. The van der Waals surface area contributed by atoms with Gasteiger partial charge in [-0.2, -0.15) is 0 Å². The average molecular weight is 162 g/mol. The van der Waals surface area contributed by atoms with Crippen LogP contribution in [0.2, 0.25) is 0 Å². The lowest BCUT2D eigenvalue weighted by molar-refractivity contribution is 0.602. The fraction of sp³-hybridized carbons (Fsp3) is 0.750. The van der Waals surface area contributed by atoms with Gasteiger partial charge in [-0.1, -0.05) is 25.8 Å². The first-order valence-electron chi connectivity index (χ1n) is 3.79. The Morgan fingerprint density at radius 1 is 1.70 bits per heavy atom. The van der Waals surface area contributed by atoms with Gasteiger partial charge < -0.3 is 0 Å². The van der Waals surface area contributed by atoms with E-state index >= 15 is 0 Å². The van der Waals surface area contributed by atoms with Crippen LogP contribution in [-0.2, 0) is 0 Å². The minimum atomic E-state index is 0.123. The van der Waals surface area contributed by atoms with E-state index in [0.717, 1.165) is 13.0 Å². The van der Waals surface area contributed by atoms with Crippen LogP contribution in [0.3, 0.4) is 0 Å². The lowest BCUT2D eigenvalue weighted by Crippen LogP contribution is -2.23. The van der Waals surface area contributed by atoms with E-state index < -0.39 is 0 Å². The molecule has 0 radical (unpaired) electrons. The van der Waals surface area contributed by atoms with Crippen molar-refractivity contribution in [3.8, 4) is 0 Å². The van der Waals surface area contributed by atoms with Crippen molar-refractivity contribution in [2.75, 3.05) is 6.54 Å². The fourth-order valence-electron chi connectivity index (χ4n) is 0.697. The molecule has 0 heterocycles. The molecule has 0 aromatic heterocycles. The third-order valence-corrected chi connectivity index (χ3v) is 1.67. The van der Waals surface area contributed by atoms with Crippen molar-refractivity contribution < 1.29 is 0 Å². The highest BCUT2D eigenvalue weighted by Gasteiger charge is 1.98. The zero-order valence-electron chi connectivity index (χ0n) is 6.57. The molecule has 0 amide bonds. The highest BCUT2D eigenvalue weighted by molar-refractivity contribution is 6.20. The smallest absolute Gasteiger partial charge is 0.0827 e. The van der Waals surface area contributed by atoms with Gasteiger partial charge >= 0.3 is 0 Å². The van der Waals surface area contributed by atoms with Crippen LogP contribution in [0.25, 0.3) is 0 Å². The number of alkyl halides is 1. The first kappa shape index (κ1) is 9.99. The van der Waals surface area contributed by atoms with Crippen molar-refractivity contribution in [2.24, 2.45) is 0 Å². The molecule has 0 rings (SSSR count). The summed E-state index contributed by atoms with van der Waals surface area (Å²) in [6, 6.07) is 0. The molecule has 0 spiro atoms. The maximum atomic E-state index is 5.88. The van der Waals surface area contributed by atoms with E-state index in [2.05, 4.69) is 18.8 Å². The summed E-state index contributed by atoms with van der Waals surface area (Å²) in [6.07, 6.45) is 5.27. The molecule has 1 nitrogen and oxygen atoms in total. The van der Waals surface area contributed by atoms with E-state index in [9.17, 15) is 0 Å². The van der Waals surface area contributed by atoms with E-state index in [4.69, 9.17) is 11.6 Å². The topological polar surface area (TPSA) is 12.0 Å². The standard InChI is InChI=1S/C8H16ClN/c1-3-5-6-8(9)10-7-4-2/h4,8,10H,2-3,5-7H2,1H3. The predicted octanol–water partition coefficient (Wildman–Crippen LogP) is 2.52. The number of nitrogens with one attached hydrogen (secondary N) is 1. The van der Waals surface area contributed by atoms with Crippen molar-refractivity contribution in [2.45, 2.75) is 31.7 Å². The summed E-state index contributed by atoms with van der Waals surface area (Å²) in [4.78, 5) is 0. The average Bonchev–Trinajstić information content (AvgIpc) is 1.97. The Morgan fingerprint density at radius 3 is 2.90 bits per heavy atom. The minimum absolute atomic E-state index is 0.123. The van der Waals surface area contributed by atoms with Gasteiger partial charge in [0.05, 0.1) is 5.50 Å². The molecule has 0 aromatic rings. The summed E-state index contributed by atoms with van der Waals surface area (Å²) in [5, 5.41) is 3.11. The zero-order valence-corrected chi connectivity index (χ0v) is 7.32. The molecule has 0 saturated heterocycles. The minimum Gasteiger partial charge on any atom is -0.298 e. The van der Waals surface area contributed by atoms with Crippen LogP contribution < -0.4 is 5.32 Å². The molecular formula is C8H16ClN. The summed E-state index contributed by atoms with van der Waals surface area (Å²) in [6.45, 7) is 6.56. The van der Waals surface area contributed by atoms with Crippen LogP contribution >= 0.6 is 11.6 Å². The van der Waals surface area contributed by atoms with Gasteiger partial charge in [-0.15, -0.1) is 18.2 Å². The monoisotopic (exact) mass is 161 g/mol. The Kier molecular flexibility index (Phi) is 7.09. The van der Waals surface area contributed by atoms with Gasteiger partial charge in [0.2, 0.25) is 0 Å². The van der Waals surface area contributed by atoms with Crippen LogP contribution in [0.4, 0.5) is 0 Å². The largest absolute Gasteiger partial charge is 0.298 e. The van der Waals surface area contributed by atoms with Gasteiger partial charge in [-0.3, -0.25) is 5.32 Å². The Hall–Kier alpha value is -0.0100. The molecule has 0 aliphatic rings. The van der Waals surface area contributed by atoms with Gasteiger partial charge in [0.1, 0.15) is 0 Å². The molecule has 0 fully saturated rings. The summed E-state index contributed by atoms with van der Waals surface area (Å²) < 4.78 is 0. The fourth-order valence-corrected chi connectivity index (χ4v) is 0.940. The van der Waals surface area contributed by atoms with E-state index in [-0.39, 0.29) is 5.50 Å². The molecule has 1 atom stereocenters. The maximum absolute atomic E-state index is 5.88. The van der Waals surface area contributed by atoms with Gasteiger partial charge in [0.15, 0.2) is 0 Å². The third-order valence-electron chi connectivity index (χ3n) is 1.29. The number of halogens is 1. The molecule has 2 heteroatoms. The Morgan fingerprint density at radius 2 is 2.40 bits per heavy atom. The second kappa shape index (κ2) is 7.10. The summed E-state index contributed by atoms with van der Waals surface area (Å²) in [5.41, 5.74) is 0.123. The summed E-state index contributed by atoms with van der Waals surface area (Å²) in [5.74, 6) is 0. The van der Waals surface area contributed by atoms with Crippen molar-refractivity contribution in [3.63, 3.8) is 0 Å². The summed E-state index contributed by atoms with van der Waals surface area (Å²) >= 11 is 5.88. The number of hydrogen-bond donors (Lipinski definition) is 1. The van der Waals surface area contributed by atoms with E-state index in [0.29, 0.717) is 0 Å². The molecule has 1 unspecified atom stereocenters. The van der Waals surface area contributed by atoms with Gasteiger partial charge in [-0.25, -0.2) is 0 Å². The molecule has 60 valence electrons. The van der Waals surface area contributed by atoms with Crippen molar-refractivity contribution >= 4 is 11.6 Å². The van der Waals surface area contributed by atoms with Crippen LogP contribution in [0.1, 0.15) is 26.2 Å². The Bertz CT molecular complexity index is 83.3. The van der Waals surface area contributed by atoms with Crippen LogP contribution in [0, 0.1) is 0 Å². The SMILES string of the molecule is C=CCNC(Cl)CCCC.